The van der Waals surface area contributed by atoms with Gasteiger partial charge in [0.15, 0.2) is 0 Å². The Morgan fingerprint density at radius 2 is 1.86 bits per heavy atom. The molecule has 0 spiro atoms. The van der Waals surface area contributed by atoms with Gasteiger partial charge in [-0.15, -0.1) is 0 Å². The largest absolute Gasteiger partial charge is 0.320 e. The van der Waals surface area contributed by atoms with E-state index < -0.39 is 10.0 Å². The van der Waals surface area contributed by atoms with Crippen molar-refractivity contribution in [1.82, 2.24) is 0 Å². The lowest BCUT2D eigenvalue weighted by Gasteiger charge is -2.08. The summed E-state index contributed by atoms with van der Waals surface area (Å²) in [6.45, 7) is 2.17. The van der Waals surface area contributed by atoms with Gasteiger partial charge in [-0.2, -0.15) is 0 Å². The van der Waals surface area contributed by atoms with E-state index in [2.05, 4.69) is 16.6 Å². The van der Waals surface area contributed by atoms with Crippen molar-refractivity contribution in [2.75, 3.05) is 11.3 Å². The Bertz CT molecular complexity index is 785. The lowest BCUT2D eigenvalue weighted by molar-refractivity contribution is 0.601. The minimum Gasteiger partial charge on any atom is -0.320 e. The summed E-state index contributed by atoms with van der Waals surface area (Å²) in [5.74, 6) is 5.60. The van der Waals surface area contributed by atoms with E-state index in [0.717, 1.165) is 5.56 Å². The summed E-state index contributed by atoms with van der Waals surface area (Å²) in [4.78, 5) is 0.228. The standard InChI is InChI=1S/C16H16N2O2S/c1-13-7-9-16(10-8-13)21(19,20)18-15-6-2-4-14(12-15)5-3-11-17/h2,4,6-10,12,18H,11,17H2,1H3. The summed E-state index contributed by atoms with van der Waals surface area (Å²) >= 11 is 0. The molecule has 2 rings (SSSR count). The Hall–Kier alpha value is -2.29. The highest BCUT2D eigenvalue weighted by atomic mass is 32.2. The molecule has 5 heteroatoms. The van der Waals surface area contributed by atoms with Crippen LogP contribution in [0.1, 0.15) is 11.1 Å². The van der Waals surface area contributed by atoms with Gasteiger partial charge in [0.1, 0.15) is 0 Å². The predicted molar refractivity (Wildman–Crippen MR) is 84.4 cm³/mol. The molecule has 0 saturated carbocycles. The van der Waals surface area contributed by atoms with E-state index in [4.69, 9.17) is 5.73 Å². The van der Waals surface area contributed by atoms with Crippen LogP contribution in [0.2, 0.25) is 0 Å². The molecule has 0 aliphatic rings. The molecule has 0 radical (unpaired) electrons. The molecule has 2 aromatic rings. The van der Waals surface area contributed by atoms with Crippen LogP contribution in [0.5, 0.6) is 0 Å². The zero-order valence-corrected chi connectivity index (χ0v) is 12.4. The lowest BCUT2D eigenvalue weighted by atomic mass is 10.2. The fourth-order valence-electron chi connectivity index (χ4n) is 1.75. The third kappa shape index (κ3) is 4.09. The summed E-state index contributed by atoms with van der Waals surface area (Å²) in [5.41, 5.74) is 7.51. The first-order valence-corrected chi connectivity index (χ1v) is 7.88. The molecular weight excluding hydrogens is 284 g/mol. The Morgan fingerprint density at radius 3 is 2.52 bits per heavy atom. The SMILES string of the molecule is Cc1ccc(S(=O)(=O)Nc2cccc(C#CCN)c2)cc1. The van der Waals surface area contributed by atoms with Crippen molar-refractivity contribution in [1.29, 1.82) is 0 Å². The molecule has 108 valence electrons. The van der Waals surface area contributed by atoms with Crippen LogP contribution in [0.15, 0.2) is 53.4 Å². The lowest BCUT2D eigenvalue weighted by Crippen LogP contribution is -2.12. The molecule has 0 bridgehead atoms. The first-order valence-electron chi connectivity index (χ1n) is 6.40. The average Bonchev–Trinajstić information content (AvgIpc) is 2.45. The van der Waals surface area contributed by atoms with Crippen molar-refractivity contribution in [2.45, 2.75) is 11.8 Å². The van der Waals surface area contributed by atoms with Crippen molar-refractivity contribution >= 4 is 15.7 Å². The molecule has 21 heavy (non-hydrogen) atoms. The van der Waals surface area contributed by atoms with Gasteiger partial charge in [0, 0.05) is 5.56 Å². The number of aryl methyl sites for hydroxylation is 1. The minimum atomic E-state index is -3.59. The molecular formula is C16H16N2O2S. The second-order valence-corrected chi connectivity index (χ2v) is 6.19. The van der Waals surface area contributed by atoms with Crippen LogP contribution >= 0.6 is 0 Å². The number of hydrogen-bond donors (Lipinski definition) is 2. The molecule has 0 fully saturated rings. The van der Waals surface area contributed by atoms with Gasteiger partial charge in [-0.25, -0.2) is 8.42 Å². The van der Waals surface area contributed by atoms with Crippen LogP contribution in [-0.4, -0.2) is 15.0 Å². The topological polar surface area (TPSA) is 72.2 Å². The second-order valence-electron chi connectivity index (χ2n) is 4.51. The first-order chi connectivity index (χ1) is 10.0. The Labute approximate surface area is 125 Å². The molecule has 0 amide bonds. The zero-order valence-electron chi connectivity index (χ0n) is 11.6. The van der Waals surface area contributed by atoms with Crippen LogP contribution in [-0.2, 0) is 10.0 Å². The maximum atomic E-state index is 12.3. The van der Waals surface area contributed by atoms with Gasteiger partial charge in [0.05, 0.1) is 17.1 Å². The number of sulfonamides is 1. The summed E-state index contributed by atoms with van der Waals surface area (Å²) in [6, 6.07) is 13.6. The van der Waals surface area contributed by atoms with E-state index >= 15 is 0 Å². The Balaban J connectivity index is 2.26. The van der Waals surface area contributed by atoms with E-state index in [1.54, 1.807) is 48.5 Å². The van der Waals surface area contributed by atoms with Crippen molar-refractivity contribution in [3.05, 3.63) is 59.7 Å². The van der Waals surface area contributed by atoms with E-state index in [9.17, 15) is 8.42 Å². The van der Waals surface area contributed by atoms with Gasteiger partial charge in [-0.1, -0.05) is 35.6 Å². The molecule has 0 saturated heterocycles. The van der Waals surface area contributed by atoms with Crippen molar-refractivity contribution in [2.24, 2.45) is 5.73 Å². The Morgan fingerprint density at radius 1 is 1.14 bits per heavy atom. The molecule has 3 N–H and O–H groups in total. The molecule has 0 heterocycles. The van der Waals surface area contributed by atoms with Gasteiger partial charge < -0.3 is 5.73 Å². The van der Waals surface area contributed by atoms with Crippen molar-refractivity contribution in [3.8, 4) is 11.8 Å². The quantitative estimate of drug-likeness (QED) is 0.853. The van der Waals surface area contributed by atoms with Gasteiger partial charge >= 0.3 is 0 Å². The smallest absolute Gasteiger partial charge is 0.261 e. The van der Waals surface area contributed by atoms with Gasteiger partial charge in [0.2, 0.25) is 0 Å². The first kappa shape index (κ1) is 15.1. The normalized spacial score (nSPS) is 10.6. The number of nitrogens with two attached hydrogens (primary N) is 1. The molecule has 0 aromatic heterocycles. The average molecular weight is 300 g/mol. The highest BCUT2D eigenvalue weighted by Gasteiger charge is 2.13. The number of anilines is 1. The molecule has 0 unspecified atom stereocenters. The summed E-state index contributed by atoms with van der Waals surface area (Å²) in [6.07, 6.45) is 0. The maximum Gasteiger partial charge on any atom is 0.261 e. The maximum absolute atomic E-state index is 12.3. The highest BCUT2D eigenvalue weighted by molar-refractivity contribution is 7.92. The molecule has 0 atom stereocenters. The van der Waals surface area contributed by atoms with Crippen LogP contribution < -0.4 is 10.5 Å². The fourth-order valence-corrected chi connectivity index (χ4v) is 2.79. The number of rotatable bonds is 3. The summed E-state index contributed by atoms with van der Waals surface area (Å²) < 4.78 is 27.1. The van der Waals surface area contributed by atoms with Crippen LogP contribution in [0.25, 0.3) is 0 Å². The van der Waals surface area contributed by atoms with E-state index in [1.165, 1.54) is 0 Å². The van der Waals surface area contributed by atoms with Gasteiger partial charge in [-0.3, -0.25) is 4.72 Å². The molecule has 2 aromatic carbocycles. The third-order valence-corrected chi connectivity index (χ3v) is 4.18. The molecule has 0 aliphatic heterocycles. The number of hydrogen-bond acceptors (Lipinski definition) is 3. The Kier molecular flexibility index (Phi) is 4.63. The molecule has 0 aliphatic carbocycles. The second kappa shape index (κ2) is 6.44. The number of benzene rings is 2. The molecule has 4 nitrogen and oxygen atoms in total. The van der Waals surface area contributed by atoms with E-state index in [0.29, 0.717) is 11.3 Å². The monoisotopic (exact) mass is 300 g/mol. The van der Waals surface area contributed by atoms with Crippen molar-refractivity contribution < 1.29 is 8.42 Å². The fraction of sp³-hybridized carbons (Fsp3) is 0.125. The third-order valence-electron chi connectivity index (χ3n) is 2.78. The van der Waals surface area contributed by atoms with E-state index in [-0.39, 0.29) is 11.4 Å². The van der Waals surface area contributed by atoms with Crippen molar-refractivity contribution in [3.63, 3.8) is 0 Å². The summed E-state index contributed by atoms with van der Waals surface area (Å²) in [5, 5.41) is 0. The van der Waals surface area contributed by atoms with Crippen LogP contribution in [0, 0.1) is 18.8 Å². The number of nitrogens with one attached hydrogen (secondary N) is 1. The predicted octanol–water partition coefficient (Wildman–Crippen LogP) is 2.11. The van der Waals surface area contributed by atoms with Gasteiger partial charge in [0.25, 0.3) is 10.0 Å². The summed E-state index contributed by atoms with van der Waals surface area (Å²) in [7, 11) is -3.59. The minimum absolute atomic E-state index is 0.228. The van der Waals surface area contributed by atoms with E-state index in [1.807, 2.05) is 6.92 Å². The van der Waals surface area contributed by atoms with Gasteiger partial charge in [-0.05, 0) is 37.3 Å². The van der Waals surface area contributed by atoms with Crippen LogP contribution in [0.3, 0.4) is 0 Å². The highest BCUT2D eigenvalue weighted by Crippen LogP contribution is 2.17. The zero-order chi connectivity index (χ0) is 15.3. The van der Waals surface area contributed by atoms with Crippen LogP contribution in [0.4, 0.5) is 5.69 Å².